The second-order valence-electron chi connectivity index (χ2n) is 6.25. The summed E-state index contributed by atoms with van der Waals surface area (Å²) in [5, 5.41) is 1.24. The van der Waals surface area contributed by atoms with Crippen LogP contribution >= 0.6 is 23.2 Å². The minimum absolute atomic E-state index is 0.366. The van der Waals surface area contributed by atoms with E-state index in [1.807, 2.05) is 13.0 Å². The molecule has 2 atom stereocenters. The van der Waals surface area contributed by atoms with Gasteiger partial charge in [-0.2, -0.15) is 0 Å². The largest absolute Gasteiger partial charge is 0.492 e. The minimum atomic E-state index is 0.366. The molecule has 1 aromatic rings. The van der Waals surface area contributed by atoms with Crippen molar-refractivity contribution in [1.82, 2.24) is 0 Å². The lowest BCUT2D eigenvalue weighted by molar-refractivity contribution is -0.915. The van der Waals surface area contributed by atoms with Crippen LogP contribution in [-0.4, -0.2) is 38.4 Å². The fourth-order valence-corrected chi connectivity index (χ4v) is 3.77. The topological polar surface area (TPSA) is 22.9 Å². The van der Waals surface area contributed by atoms with Crippen molar-refractivity contribution >= 4 is 23.2 Å². The van der Waals surface area contributed by atoms with Crippen molar-refractivity contribution in [1.29, 1.82) is 0 Å². The summed E-state index contributed by atoms with van der Waals surface area (Å²) in [6.45, 7) is 10.4. The van der Waals surface area contributed by atoms with E-state index in [1.165, 1.54) is 6.54 Å². The van der Waals surface area contributed by atoms with Gasteiger partial charge < -0.3 is 14.4 Å². The average Bonchev–Trinajstić information content (AvgIpc) is 2.39. The molecule has 1 aromatic carbocycles. The lowest BCUT2D eigenvalue weighted by atomic mass is 10.2. The molecule has 22 heavy (non-hydrogen) atoms. The molecular weight excluding hydrogens is 321 g/mol. The Kier molecular flexibility index (Phi) is 6.82. The van der Waals surface area contributed by atoms with Gasteiger partial charge in [-0.15, -0.1) is 0 Å². The van der Waals surface area contributed by atoms with Crippen molar-refractivity contribution in [3.05, 3.63) is 27.7 Å². The highest BCUT2D eigenvalue weighted by Crippen LogP contribution is 2.31. The predicted molar refractivity (Wildman–Crippen MR) is 91.5 cm³/mol. The zero-order chi connectivity index (χ0) is 16.1. The third kappa shape index (κ3) is 5.31. The third-order valence-electron chi connectivity index (χ3n) is 3.98. The first-order chi connectivity index (χ1) is 10.5. The van der Waals surface area contributed by atoms with Crippen LogP contribution in [0.3, 0.4) is 0 Å². The molecule has 0 amide bonds. The van der Waals surface area contributed by atoms with Gasteiger partial charge in [0.05, 0.1) is 18.2 Å². The third-order valence-corrected chi connectivity index (χ3v) is 4.48. The molecule has 2 rings (SSSR count). The normalized spacial score (nSPS) is 25.2. The number of unbranched alkanes of at least 4 members (excludes halogenated alkanes) is 1. The van der Waals surface area contributed by atoms with Crippen LogP contribution in [0, 0.1) is 6.92 Å². The van der Waals surface area contributed by atoms with Crippen molar-refractivity contribution < 1.29 is 14.4 Å². The fourth-order valence-electron chi connectivity index (χ4n) is 3.12. The maximum absolute atomic E-state index is 6.17. The number of hydrogen-bond donors (Lipinski definition) is 1. The molecule has 0 aromatic heterocycles. The first-order valence-corrected chi connectivity index (χ1v) is 8.78. The Balaban J connectivity index is 1.69. The Morgan fingerprint density at radius 2 is 1.86 bits per heavy atom. The van der Waals surface area contributed by atoms with Gasteiger partial charge in [0.1, 0.15) is 31.0 Å². The van der Waals surface area contributed by atoms with E-state index in [0.29, 0.717) is 28.9 Å². The number of nitrogens with one attached hydrogen (secondary N) is 1. The van der Waals surface area contributed by atoms with Gasteiger partial charge in [0, 0.05) is 5.02 Å². The van der Waals surface area contributed by atoms with Gasteiger partial charge in [-0.1, -0.05) is 23.2 Å². The van der Waals surface area contributed by atoms with Crippen molar-refractivity contribution in [2.24, 2.45) is 0 Å². The Hall–Kier alpha value is -0.480. The van der Waals surface area contributed by atoms with Gasteiger partial charge in [-0.05, 0) is 51.3 Å². The van der Waals surface area contributed by atoms with Crippen LogP contribution < -0.4 is 9.64 Å². The molecule has 0 aliphatic carbocycles. The van der Waals surface area contributed by atoms with E-state index >= 15 is 0 Å². The molecule has 0 saturated carbocycles. The highest BCUT2D eigenvalue weighted by molar-refractivity contribution is 6.35. The lowest BCUT2D eigenvalue weighted by Gasteiger charge is -2.32. The highest BCUT2D eigenvalue weighted by Gasteiger charge is 2.24. The van der Waals surface area contributed by atoms with Crippen molar-refractivity contribution in [2.75, 3.05) is 26.2 Å². The summed E-state index contributed by atoms with van der Waals surface area (Å²) >= 11 is 12.1. The molecule has 1 fully saturated rings. The summed E-state index contributed by atoms with van der Waals surface area (Å²) in [4.78, 5) is 1.63. The maximum Gasteiger partial charge on any atom is 0.140 e. The van der Waals surface area contributed by atoms with Crippen LogP contribution in [0.15, 0.2) is 12.1 Å². The number of halogens is 2. The van der Waals surface area contributed by atoms with Gasteiger partial charge in [0.15, 0.2) is 0 Å². The Morgan fingerprint density at radius 1 is 1.18 bits per heavy atom. The Morgan fingerprint density at radius 3 is 2.50 bits per heavy atom. The van der Waals surface area contributed by atoms with Crippen LogP contribution in [-0.2, 0) is 4.74 Å². The molecule has 5 heteroatoms. The van der Waals surface area contributed by atoms with E-state index in [9.17, 15) is 0 Å². The maximum atomic E-state index is 6.17. The molecule has 1 heterocycles. The van der Waals surface area contributed by atoms with Crippen LogP contribution in [0.4, 0.5) is 0 Å². The zero-order valence-corrected chi connectivity index (χ0v) is 15.1. The first kappa shape index (κ1) is 17.9. The monoisotopic (exact) mass is 346 g/mol. The molecule has 3 nitrogen and oxygen atoms in total. The highest BCUT2D eigenvalue weighted by atomic mass is 35.5. The number of hydrogen-bond acceptors (Lipinski definition) is 2. The molecule has 1 N–H and O–H groups in total. The summed E-state index contributed by atoms with van der Waals surface area (Å²) in [5.41, 5.74) is 0.985. The summed E-state index contributed by atoms with van der Waals surface area (Å²) in [5.74, 6) is 0.757. The van der Waals surface area contributed by atoms with Crippen LogP contribution in [0.2, 0.25) is 10.0 Å². The number of morpholine rings is 1. The second kappa shape index (κ2) is 8.39. The number of benzene rings is 1. The number of quaternary nitrogens is 1. The van der Waals surface area contributed by atoms with E-state index in [2.05, 4.69) is 13.8 Å². The number of ether oxygens (including phenoxy) is 2. The van der Waals surface area contributed by atoms with E-state index in [-0.39, 0.29) is 0 Å². The van der Waals surface area contributed by atoms with E-state index < -0.39 is 0 Å². The molecule has 1 aliphatic heterocycles. The first-order valence-electron chi connectivity index (χ1n) is 8.03. The second-order valence-corrected chi connectivity index (χ2v) is 7.10. The molecule has 0 unspecified atom stereocenters. The Labute approximate surface area is 143 Å². The molecule has 0 radical (unpaired) electrons. The van der Waals surface area contributed by atoms with Crippen LogP contribution in [0.5, 0.6) is 5.75 Å². The molecule has 1 aliphatic rings. The lowest BCUT2D eigenvalue weighted by Crippen LogP contribution is -3.15. The van der Waals surface area contributed by atoms with Crippen molar-refractivity contribution in [3.63, 3.8) is 0 Å². The van der Waals surface area contributed by atoms with Crippen molar-refractivity contribution in [2.45, 2.75) is 45.8 Å². The smallest absolute Gasteiger partial charge is 0.140 e. The summed E-state index contributed by atoms with van der Waals surface area (Å²) in [6, 6.07) is 3.61. The van der Waals surface area contributed by atoms with E-state index in [1.54, 1.807) is 11.0 Å². The van der Waals surface area contributed by atoms with Gasteiger partial charge in [0.25, 0.3) is 0 Å². The summed E-state index contributed by atoms with van der Waals surface area (Å²) in [7, 11) is 0. The van der Waals surface area contributed by atoms with Crippen LogP contribution in [0.25, 0.3) is 0 Å². The van der Waals surface area contributed by atoms with Gasteiger partial charge in [0.2, 0.25) is 0 Å². The minimum Gasteiger partial charge on any atom is -0.492 e. The van der Waals surface area contributed by atoms with Gasteiger partial charge in [-0.25, -0.2) is 0 Å². The number of aryl methyl sites for hydroxylation is 1. The standard InChI is InChI=1S/C17H25Cl2NO2/c1-12-8-15(18)9-16(19)17(12)21-7-5-4-6-20-10-13(2)22-14(3)11-20/h8-9,13-14H,4-7,10-11H2,1-3H3/p+1/t13-,14-/m0/s1. The fraction of sp³-hybridized carbons (Fsp3) is 0.647. The molecular formula is C17H26Cl2NO2+. The van der Waals surface area contributed by atoms with Gasteiger partial charge >= 0.3 is 0 Å². The summed E-state index contributed by atoms with van der Waals surface area (Å²) in [6.07, 6.45) is 2.92. The molecule has 1 saturated heterocycles. The Bertz CT molecular complexity index is 463. The zero-order valence-electron chi connectivity index (χ0n) is 13.6. The summed E-state index contributed by atoms with van der Waals surface area (Å²) < 4.78 is 11.6. The number of rotatable bonds is 6. The van der Waals surface area contributed by atoms with Crippen LogP contribution in [0.1, 0.15) is 32.3 Å². The van der Waals surface area contributed by atoms with Crippen molar-refractivity contribution in [3.8, 4) is 5.75 Å². The average molecular weight is 347 g/mol. The molecule has 124 valence electrons. The predicted octanol–water partition coefficient (Wildman–Crippen LogP) is 3.15. The van der Waals surface area contributed by atoms with E-state index in [4.69, 9.17) is 32.7 Å². The molecule has 0 bridgehead atoms. The SMILES string of the molecule is Cc1cc(Cl)cc(Cl)c1OCCCC[NH+]1C[C@H](C)O[C@@H](C)C1. The van der Waals surface area contributed by atoms with Gasteiger partial charge in [-0.3, -0.25) is 0 Å². The molecule has 0 spiro atoms. The van der Waals surface area contributed by atoms with E-state index in [0.717, 1.165) is 37.2 Å². The quantitative estimate of drug-likeness (QED) is 0.799.